The molecule has 0 amide bonds. The molecule has 1 heterocycles. The Morgan fingerprint density at radius 1 is 1.40 bits per heavy atom. The van der Waals surface area contributed by atoms with E-state index < -0.39 is 10.0 Å². The van der Waals surface area contributed by atoms with Crippen LogP contribution in [0.2, 0.25) is 0 Å². The first kappa shape index (κ1) is 16.1. The Kier molecular flexibility index (Phi) is 5.36. The van der Waals surface area contributed by atoms with Crippen molar-refractivity contribution in [3.8, 4) is 0 Å². The SMILES string of the molecule is CC(CNS(=O)(=O)c1cc(Br)ccc1Br)c1nccs1. The van der Waals surface area contributed by atoms with Crippen molar-refractivity contribution in [1.82, 2.24) is 9.71 Å². The van der Waals surface area contributed by atoms with Gasteiger partial charge in [-0.25, -0.2) is 18.1 Å². The van der Waals surface area contributed by atoms with Gasteiger partial charge in [-0.05, 0) is 34.1 Å². The molecule has 0 aliphatic carbocycles. The molecule has 20 heavy (non-hydrogen) atoms. The summed E-state index contributed by atoms with van der Waals surface area (Å²) >= 11 is 8.06. The third-order valence-corrected chi connectivity index (χ3v) is 6.55. The van der Waals surface area contributed by atoms with Crippen molar-refractivity contribution in [2.45, 2.75) is 17.7 Å². The van der Waals surface area contributed by atoms with Gasteiger partial charge in [-0.1, -0.05) is 22.9 Å². The molecule has 2 rings (SSSR count). The lowest BCUT2D eigenvalue weighted by atomic mass is 10.2. The van der Waals surface area contributed by atoms with Crippen molar-refractivity contribution in [2.24, 2.45) is 0 Å². The second-order valence-corrected chi connectivity index (χ2v) is 8.63. The largest absolute Gasteiger partial charge is 0.249 e. The molecule has 4 nitrogen and oxygen atoms in total. The summed E-state index contributed by atoms with van der Waals surface area (Å²) in [6.07, 6.45) is 1.72. The van der Waals surface area contributed by atoms with Crippen LogP contribution in [-0.2, 0) is 10.0 Å². The lowest BCUT2D eigenvalue weighted by Gasteiger charge is -2.12. The predicted octanol–water partition coefficient (Wildman–Crippen LogP) is 3.75. The highest BCUT2D eigenvalue weighted by Gasteiger charge is 2.19. The van der Waals surface area contributed by atoms with Crippen LogP contribution in [0, 0.1) is 0 Å². The highest BCUT2D eigenvalue weighted by atomic mass is 79.9. The van der Waals surface area contributed by atoms with E-state index in [1.165, 1.54) is 11.3 Å². The lowest BCUT2D eigenvalue weighted by Crippen LogP contribution is -2.28. The average Bonchev–Trinajstić information content (AvgIpc) is 2.93. The molecule has 8 heteroatoms. The molecule has 0 bridgehead atoms. The number of aromatic nitrogens is 1. The zero-order valence-corrected chi connectivity index (χ0v) is 15.3. The van der Waals surface area contributed by atoms with E-state index in [1.54, 1.807) is 24.4 Å². The van der Waals surface area contributed by atoms with Crippen LogP contribution in [-0.4, -0.2) is 19.9 Å². The molecular formula is C12H12Br2N2O2S2. The summed E-state index contributed by atoms with van der Waals surface area (Å²) in [5, 5.41) is 2.80. The second kappa shape index (κ2) is 6.65. The Morgan fingerprint density at radius 2 is 2.15 bits per heavy atom. The molecule has 0 saturated carbocycles. The first-order valence-corrected chi connectivity index (χ1v) is 9.69. The minimum absolute atomic E-state index is 0.0377. The number of benzene rings is 1. The molecule has 108 valence electrons. The molecule has 0 aliphatic rings. The second-order valence-electron chi connectivity index (χ2n) is 4.20. The minimum atomic E-state index is -3.55. The van der Waals surface area contributed by atoms with E-state index in [9.17, 15) is 8.42 Å². The van der Waals surface area contributed by atoms with Crippen LogP contribution in [0.5, 0.6) is 0 Å². The molecule has 0 aliphatic heterocycles. The lowest BCUT2D eigenvalue weighted by molar-refractivity contribution is 0.574. The van der Waals surface area contributed by atoms with Crippen molar-refractivity contribution in [3.63, 3.8) is 0 Å². The third kappa shape index (κ3) is 3.88. The quantitative estimate of drug-likeness (QED) is 0.771. The Balaban J connectivity index is 2.13. The highest BCUT2D eigenvalue weighted by Crippen LogP contribution is 2.26. The normalized spacial score (nSPS) is 13.3. The summed E-state index contributed by atoms with van der Waals surface area (Å²) in [7, 11) is -3.55. The highest BCUT2D eigenvalue weighted by molar-refractivity contribution is 9.11. The fourth-order valence-corrected chi connectivity index (χ4v) is 4.89. The molecule has 0 saturated heterocycles. The zero-order chi connectivity index (χ0) is 14.8. The van der Waals surface area contributed by atoms with Crippen LogP contribution < -0.4 is 4.72 Å². The van der Waals surface area contributed by atoms with Crippen LogP contribution in [0.4, 0.5) is 0 Å². The molecule has 1 N–H and O–H groups in total. The van der Waals surface area contributed by atoms with Gasteiger partial charge in [0.05, 0.1) is 9.90 Å². The maximum Gasteiger partial charge on any atom is 0.241 e. The predicted molar refractivity (Wildman–Crippen MR) is 87.6 cm³/mol. The van der Waals surface area contributed by atoms with E-state index in [-0.39, 0.29) is 10.8 Å². The average molecular weight is 440 g/mol. The summed E-state index contributed by atoms with van der Waals surface area (Å²) in [5.74, 6) is 0.0377. The Bertz CT molecular complexity index is 687. The first-order chi connectivity index (χ1) is 9.40. The monoisotopic (exact) mass is 438 g/mol. The van der Waals surface area contributed by atoms with E-state index in [0.29, 0.717) is 15.5 Å². The number of thiazole rings is 1. The summed E-state index contributed by atoms with van der Waals surface area (Å²) in [5.41, 5.74) is 0. The van der Waals surface area contributed by atoms with Crippen molar-refractivity contribution in [2.75, 3.05) is 6.54 Å². The van der Waals surface area contributed by atoms with Gasteiger partial charge in [0.1, 0.15) is 0 Å². The van der Waals surface area contributed by atoms with E-state index in [2.05, 4.69) is 41.6 Å². The number of halogens is 2. The Labute approximate surface area is 138 Å². The molecule has 0 fully saturated rings. The van der Waals surface area contributed by atoms with E-state index in [1.807, 2.05) is 12.3 Å². The number of rotatable bonds is 5. The molecule has 1 unspecified atom stereocenters. The van der Waals surface area contributed by atoms with Gasteiger partial charge in [-0.15, -0.1) is 11.3 Å². The van der Waals surface area contributed by atoms with Gasteiger partial charge in [0, 0.05) is 33.0 Å². The summed E-state index contributed by atoms with van der Waals surface area (Å²) in [6, 6.07) is 5.05. The van der Waals surface area contributed by atoms with Crippen molar-refractivity contribution >= 4 is 53.2 Å². The minimum Gasteiger partial charge on any atom is -0.249 e. The number of hydrogen-bond acceptors (Lipinski definition) is 4. The van der Waals surface area contributed by atoms with Gasteiger partial charge in [0.25, 0.3) is 0 Å². The Morgan fingerprint density at radius 3 is 2.80 bits per heavy atom. The number of hydrogen-bond donors (Lipinski definition) is 1. The summed E-state index contributed by atoms with van der Waals surface area (Å²) in [6.45, 7) is 2.26. The molecule has 1 aromatic carbocycles. The smallest absolute Gasteiger partial charge is 0.241 e. The fraction of sp³-hybridized carbons (Fsp3) is 0.250. The van der Waals surface area contributed by atoms with Gasteiger partial charge in [-0.3, -0.25) is 0 Å². The summed E-state index contributed by atoms with van der Waals surface area (Å²) in [4.78, 5) is 4.41. The molecule has 0 spiro atoms. The van der Waals surface area contributed by atoms with Crippen LogP contribution in [0.25, 0.3) is 0 Å². The van der Waals surface area contributed by atoms with Crippen molar-refractivity contribution in [1.29, 1.82) is 0 Å². The summed E-state index contributed by atoms with van der Waals surface area (Å²) < 4.78 is 28.5. The van der Waals surface area contributed by atoms with Crippen LogP contribution in [0.15, 0.2) is 43.6 Å². The van der Waals surface area contributed by atoms with E-state index in [0.717, 1.165) is 5.01 Å². The van der Waals surface area contributed by atoms with Crippen molar-refractivity contribution in [3.05, 3.63) is 43.7 Å². The van der Waals surface area contributed by atoms with Crippen LogP contribution in [0.3, 0.4) is 0 Å². The third-order valence-electron chi connectivity index (χ3n) is 2.64. The molecule has 2 aromatic rings. The van der Waals surface area contributed by atoms with E-state index >= 15 is 0 Å². The van der Waals surface area contributed by atoms with E-state index in [4.69, 9.17) is 0 Å². The maximum atomic E-state index is 12.3. The number of nitrogens with zero attached hydrogens (tertiary/aromatic N) is 1. The van der Waals surface area contributed by atoms with Gasteiger partial charge >= 0.3 is 0 Å². The zero-order valence-electron chi connectivity index (χ0n) is 10.5. The van der Waals surface area contributed by atoms with Crippen molar-refractivity contribution < 1.29 is 8.42 Å². The maximum absolute atomic E-state index is 12.3. The van der Waals surface area contributed by atoms with Crippen LogP contribution in [0.1, 0.15) is 17.8 Å². The fourth-order valence-electron chi connectivity index (χ4n) is 1.56. The molecular weight excluding hydrogens is 428 g/mol. The molecule has 1 aromatic heterocycles. The molecule has 0 radical (unpaired) electrons. The standard InChI is InChI=1S/C12H12Br2N2O2S2/c1-8(12-15-4-5-19-12)7-16-20(17,18)11-6-9(13)2-3-10(11)14/h2-6,8,16H,7H2,1H3. The number of nitrogens with one attached hydrogen (secondary N) is 1. The first-order valence-electron chi connectivity index (χ1n) is 5.74. The van der Waals surface area contributed by atoms with Gasteiger partial charge in [0.15, 0.2) is 0 Å². The number of sulfonamides is 1. The van der Waals surface area contributed by atoms with Gasteiger partial charge in [0.2, 0.25) is 10.0 Å². The topological polar surface area (TPSA) is 59.1 Å². The van der Waals surface area contributed by atoms with Gasteiger partial charge < -0.3 is 0 Å². The van der Waals surface area contributed by atoms with Gasteiger partial charge in [-0.2, -0.15) is 0 Å². The Hall–Kier alpha value is -0.280. The molecule has 1 atom stereocenters. The van der Waals surface area contributed by atoms with Crippen LogP contribution >= 0.6 is 43.2 Å².